The van der Waals surface area contributed by atoms with Crippen molar-refractivity contribution in [2.75, 3.05) is 7.11 Å². The maximum Gasteiger partial charge on any atom is 0.151 e. The van der Waals surface area contributed by atoms with Crippen LogP contribution in [-0.2, 0) is 0 Å². The molecule has 4 heteroatoms. The zero-order valence-electron chi connectivity index (χ0n) is 5.84. The van der Waals surface area contributed by atoms with E-state index in [0.717, 1.165) is 4.47 Å². The molecular weight excluding hydrogens is 208 g/mol. The fourth-order valence-electron chi connectivity index (χ4n) is 0.630. The third kappa shape index (κ3) is 1.69. The number of methoxy groups -OCH3 is 1. The molecule has 3 nitrogen and oxygen atoms in total. The largest absolute Gasteiger partial charge is 0.494 e. The van der Waals surface area contributed by atoms with Gasteiger partial charge >= 0.3 is 0 Å². The number of pyridine rings is 1. The minimum Gasteiger partial charge on any atom is -0.494 e. The van der Waals surface area contributed by atoms with Gasteiger partial charge < -0.3 is 4.74 Å². The van der Waals surface area contributed by atoms with E-state index >= 15 is 0 Å². The van der Waals surface area contributed by atoms with Gasteiger partial charge in [-0.2, -0.15) is 5.26 Å². The van der Waals surface area contributed by atoms with Crippen LogP contribution in [-0.4, -0.2) is 12.1 Å². The molecule has 1 aromatic heterocycles. The van der Waals surface area contributed by atoms with Gasteiger partial charge in [0.1, 0.15) is 11.8 Å². The van der Waals surface area contributed by atoms with Crippen molar-refractivity contribution in [3.8, 4) is 11.8 Å². The number of hydrogen-bond donors (Lipinski definition) is 0. The van der Waals surface area contributed by atoms with Crippen LogP contribution in [0.25, 0.3) is 0 Å². The highest BCUT2D eigenvalue weighted by molar-refractivity contribution is 9.10. The van der Waals surface area contributed by atoms with Crippen LogP contribution in [0.1, 0.15) is 5.69 Å². The minimum atomic E-state index is 0.373. The van der Waals surface area contributed by atoms with E-state index in [1.54, 1.807) is 13.2 Å². The zero-order valence-corrected chi connectivity index (χ0v) is 7.42. The highest BCUT2D eigenvalue weighted by atomic mass is 79.9. The predicted molar refractivity (Wildman–Crippen MR) is 43.2 cm³/mol. The van der Waals surface area contributed by atoms with Crippen LogP contribution in [0.2, 0.25) is 0 Å². The second-order valence-corrected chi connectivity index (χ2v) is 2.67. The average molecular weight is 213 g/mol. The lowest BCUT2D eigenvalue weighted by molar-refractivity contribution is 0.410. The lowest BCUT2D eigenvalue weighted by Gasteiger charge is -2.00. The van der Waals surface area contributed by atoms with Crippen molar-refractivity contribution in [1.29, 1.82) is 5.26 Å². The van der Waals surface area contributed by atoms with Gasteiger partial charge in [-0.15, -0.1) is 0 Å². The fraction of sp³-hybridized carbons (Fsp3) is 0.143. The van der Waals surface area contributed by atoms with Crippen LogP contribution in [0.5, 0.6) is 5.75 Å². The van der Waals surface area contributed by atoms with E-state index in [4.69, 9.17) is 10.00 Å². The number of aromatic nitrogens is 1. The number of nitriles is 1. The lowest BCUT2D eigenvalue weighted by Crippen LogP contribution is -1.88. The summed E-state index contributed by atoms with van der Waals surface area (Å²) in [4.78, 5) is 3.81. The molecule has 0 aliphatic rings. The van der Waals surface area contributed by atoms with Gasteiger partial charge in [0.15, 0.2) is 5.75 Å². The Kier molecular flexibility index (Phi) is 2.44. The molecule has 0 aliphatic carbocycles. The van der Waals surface area contributed by atoms with Crippen molar-refractivity contribution in [1.82, 2.24) is 4.98 Å². The van der Waals surface area contributed by atoms with Gasteiger partial charge in [0.05, 0.1) is 17.8 Å². The number of rotatable bonds is 1. The zero-order chi connectivity index (χ0) is 8.27. The van der Waals surface area contributed by atoms with Crippen molar-refractivity contribution < 1.29 is 4.74 Å². The number of hydrogen-bond acceptors (Lipinski definition) is 3. The van der Waals surface area contributed by atoms with Crippen molar-refractivity contribution >= 4 is 15.9 Å². The molecule has 1 rings (SSSR count). The Hall–Kier alpha value is -1.08. The van der Waals surface area contributed by atoms with Gasteiger partial charge in [-0.05, 0) is 22.0 Å². The molecule has 56 valence electrons. The number of ether oxygens (including phenoxy) is 1. The van der Waals surface area contributed by atoms with Gasteiger partial charge in [-0.3, -0.25) is 0 Å². The molecule has 0 aromatic carbocycles. The SMILES string of the molecule is COc1cnc(C#N)cc1Br. The molecule has 0 saturated heterocycles. The topological polar surface area (TPSA) is 45.9 Å². The third-order valence-electron chi connectivity index (χ3n) is 1.15. The van der Waals surface area contributed by atoms with Crippen LogP contribution >= 0.6 is 15.9 Å². The molecule has 0 unspecified atom stereocenters. The molecule has 0 fully saturated rings. The Balaban J connectivity index is 3.12. The fourth-order valence-corrected chi connectivity index (χ4v) is 1.11. The highest BCUT2D eigenvalue weighted by Crippen LogP contribution is 2.23. The van der Waals surface area contributed by atoms with Crippen LogP contribution in [0.3, 0.4) is 0 Å². The normalized spacial score (nSPS) is 8.82. The van der Waals surface area contributed by atoms with Gasteiger partial charge in [0.25, 0.3) is 0 Å². The third-order valence-corrected chi connectivity index (χ3v) is 1.77. The molecule has 0 radical (unpaired) electrons. The second kappa shape index (κ2) is 3.35. The summed E-state index contributed by atoms with van der Waals surface area (Å²) in [6.45, 7) is 0. The minimum absolute atomic E-state index is 0.373. The van der Waals surface area contributed by atoms with Gasteiger partial charge in [0, 0.05) is 0 Å². The first kappa shape index (κ1) is 8.02. The summed E-state index contributed by atoms with van der Waals surface area (Å²) < 4.78 is 5.67. The quantitative estimate of drug-likeness (QED) is 0.713. The smallest absolute Gasteiger partial charge is 0.151 e. The van der Waals surface area contributed by atoms with Crippen molar-refractivity contribution in [2.24, 2.45) is 0 Å². The Morgan fingerprint density at radius 2 is 2.45 bits per heavy atom. The van der Waals surface area contributed by atoms with Crippen molar-refractivity contribution in [3.63, 3.8) is 0 Å². The lowest BCUT2D eigenvalue weighted by atomic mass is 10.4. The second-order valence-electron chi connectivity index (χ2n) is 1.82. The Morgan fingerprint density at radius 1 is 1.73 bits per heavy atom. The molecule has 0 aliphatic heterocycles. The molecule has 0 spiro atoms. The summed E-state index contributed by atoms with van der Waals surface area (Å²) >= 11 is 3.23. The van der Waals surface area contributed by atoms with Gasteiger partial charge in [0.2, 0.25) is 0 Å². The highest BCUT2D eigenvalue weighted by Gasteiger charge is 2.00. The van der Waals surface area contributed by atoms with E-state index < -0.39 is 0 Å². The standard InChI is InChI=1S/C7H5BrN2O/c1-11-7-4-10-5(3-9)2-6(7)8/h2,4H,1H3. The molecule has 11 heavy (non-hydrogen) atoms. The maximum absolute atomic E-state index is 8.45. The van der Waals surface area contributed by atoms with E-state index in [1.165, 1.54) is 6.20 Å². The summed E-state index contributed by atoms with van der Waals surface area (Å²) in [5.41, 5.74) is 0.373. The van der Waals surface area contributed by atoms with Crippen LogP contribution in [0.15, 0.2) is 16.7 Å². The summed E-state index contributed by atoms with van der Waals surface area (Å²) in [6.07, 6.45) is 1.50. The van der Waals surface area contributed by atoms with Crippen LogP contribution in [0, 0.1) is 11.3 Å². The Labute approximate surface area is 72.8 Å². The predicted octanol–water partition coefficient (Wildman–Crippen LogP) is 1.72. The number of nitrogens with zero attached hydrogens (tertiary/aromatic N) is 2. The first-order valence-corrected chi connectivity index (χ1v) is 3.67. The molecule has 0 amide bonds. The Morgan fingerprint density at radius 3 is 2.91 bits per heavy atom. The maximum atomic E-state index is 8.45. The Bertz CT molecular complexity index is 306. The van der Waals surface area contributed by atoms with E-state index in [0.29, 0.717) is 11.4 Å². The van der Waals surface area contributed by atoms with E-state index in [9.17, 15) is 0 Å². The summed E-state index contributed by atoms with van der Waals surface area (Å²) in [5, 5.41) is 8.45. The average Bonchev–Trinajstić information content (AvgIpc) is 2.04. The van der Waals surface area contributed by atoms with Gasteiger partial charge in [-0.25, -0.2) is 4.98 Å². The van der Waals surface area contributed by atoms with E-state index in [-0.39, 0.29) is 0 Å². The number of halogens is 1. The van der Waals surface area contributed by atoms with Crippen molar-refractivity contribution in [3.05, 3.63) is 22.4 Å². The first-order valence-electron chi connectivity index (χ1n) is 2.87. The summed E-state index contributed by atoms with van der Waals surface area (Å²) in [6, 6.07) is 3.53. The molecular formula is C7H5BrN2O. The molecule has 1 aromatic rings. The summed E-state index contributed by atoms with van der Waals surface area (Å²) in [7, 11) is 1.55. The van der Waals surface area contributed by atoms with Crippen LogP contribution < -0.4 is 4.74 Å². The van der Waals surface area contributed by atoms with E-state index in [1.807, 2.05) is 6.07 Å². The molecule has 0 atom stereocenters. The van der Waals surface area contributed by atoms with E-state index in [2.05, 4.69) is 20.9 Å². The molecule has 1 heterocycles. The molecule has 0 saturated carbocycles. The monoisotopic (exact) mass is 212 g/mol. The van der Waals surface area contributed by atoms with Crippen molar-refractivity contribution in [2.45, 2.75) is 0 Å². The van der Waals surface area contributed by atoms with Crippen LogP contribution in [0.4, 0.5) is 0 Å². The molecule has 0 bridgehead atoms. The summed E-state index contributed by atoms with van der Waals surface area (Å²) in [5.74, 6) is 0.629. The molecule has 0 N–H and O–H groups in total. The van der Waals surface area contributed by atoms with Gasteiger partial charge in [-0.1, -0.05) is 0 Å². The first-order chi connectivity index (χ1) is 5.27.